The first kappa shape index (κ1) is 23.9. The van der Waals surface area contributed by atoms with E-state index >= 15 is 0 Å². The molecule has 1 amide bonds. The first-order chi connectivity index (χ1) is 16.4. The summed E-state index contributed by atoms with van der Waals surface area (Å²) in [6.07, 6.45) is -4.21. The van der Waals surface area contributed by atoms with Gasteiger partial charge < -0.3 is 24.6 Å². The van der Waals surface area contributed by atoms with Gasteiger partial charge in [0, 0.05) is 6.07 Å². The molecule has 2 atom stereocenters. The van der Waals surface area contributed by atoms with Crippen molar-refractivity contribution in [3.05, 3.63) is 83.9 Å². The van der Waals surface area contributed by atoms with Crippen molar-refractivity contribution in [1.29, 1.82) is 0 Å². The van der Waals surface area contributed by atoms with Crippen molar-refractivity contribution in [2.45, 2.75) is 12.2 Å². The maximum absolute atomic E-state index is 13.0. The van der Waals surface area contributed by atoms with Crippen molar-refractivity contribution in [2.75, 3.05) is 12.4 Å². The van der Waals surface area contributed by atoms with Crippen LogP contribution in [0.5, 0.6) is 5.88 Å². The highest BCUT2D eigenvalue weighted by molar-refractivity contribution is 6.01. The van der Waals surface area contributed by atoms with Gasteiger partial charge >= 0.3 is 17.9 Å². The van der Waals surface area contributed by atoms with Gasteiger partial charge in [0.2, 0.25) is 18.1 Å². The van der Waals surface area contributed by atoms with E-state index in [0.717, 1.165) is 0 Å². The SMILES string of the molecule is COc1ccc(NC(=O)[C@@H](OC(=O)c2ccccc2)[C@@H](OC(=O)c2ccccc2)C(=O)O)nn1. The molecule has 3 rings (SSSR count). The van der Waals surface area contributed by atoms with E-state index < -0.39 is 36.0 Å². The molecule has 0 aliphatic rings. The zero-order valence-electron chi connectivity index (χ0n) is 17.8. The van der Waals surface area contributed by atoms with Crippen molar-refractivity contribution in [3.63, 3.8) is 0 Å². The summed E-state index contributed by atoms with van der Waals surface area (Å²) in [4.78, 5) is 50.0. The van der Waals surface area contributed by atoms with Crippen LogP contribution in [0.1, 0.15) is 20.7 Å². The van der Waals surface area contributed by atoms with E-state index in [-0.39, 0.29) is 22.8 Å². The number of aliphatic carboxylic acids is 1. The Kier molecular flexibility index (Phi) is 7.84. The Balaban J connectivity index is 1.88. The second kappa shape index (κ2) is 11.2. The van der Waals surface area contributed by atoms with Gasteiger partial charge in [0.25, 0.3) is 5.91 Å². The average Bonchev–Trinajstić information content (AvgIpc) is 2.87. The highest BCUT2D eigenvalue weighted by atomic mass is 16.6. The van der Waals surface area contributed by atoms with E-state index in [1.165, 1.54) is 43.5 Å². The Morgan fingerprint density at radius 1 is 0.765 bits per heavy atom. The number of benzene rings is 2. The van der Waals surface area contributed by atoms with Crippen molar-refractivity contribution >= 4 is 29.6 Å². The third kappa shape index (κ3) is 6.13. The van der Waals surface area contributed by atoms with Crippen LogP contribution >= 0.6 is 0 Å². The van der Waals surface area contributed by atoms with Crippen molar-refractivity contribution in [1.82, 2.24) is 10.2 Å². The van der Waals surface area contributed by atoms with E-state index in [9.17, 15) is 24.3 Å². The van der Waals surface area contributed by atoms with E-state index in [1.54, 1.807) is 36.4 Å². The largest absolute Gasteiger partial charge is 0.480 e. The van der Waals surface area contributed by atoms with Gasteiger partial charge in [0.05, 0.1) is 18.2 Å². The Bertz CT molecular complexity index is 1150. The predicted molar refractivity (Wildman–Crippen MR) is 116 cm³/mol. The second-order valence-electron chi connectivity index (χ2n) is 6.67. The monoisotopic (exact) mass is 465 g/mol. The summed E-state index contributed by atoms with van der Waals surface area (Å²) in [6.45, 7) is 0. The fourth-order valence-electron chi connectivity index (χ4n) is 2.70. The molecule has 1 heterocycles. The molecular weight excluding hydrogens is 446 g/mol. The molecule has 0 radical (unpaired) electrons. The minimum absolute atomic E-state index is 0.0447. The number of hydrogen-bond donors (Lipinski definition) is 2. The average molecular weight is 465 g/mol. The summed E-state index contributed by atoms with van der Waals surface area (Å²) >= 11 is 0. The lowest BCUT2D eigenvalue weighted by atomic mass is 10.1. The van der Waals surface area contributed by atoms with Crippen LogP contribution in [0.3, 0.4) is 0 Å². The van der Waals surface area contributed by atoms with Crippen LogP contribution in [0, 0.1) is 0 Å². The summed E-state index contributed by atoms with van der Waals surface area (Å²) in [7, 11) is 1.37. The van der Waals surface area contributed by atoms with E-state index in [4.69, 9.17) is 14.2 Å². The third-order valence-electron chi connectivity index (χ3n) is 4.36. The molecule has 2 aromatic carbocycles. The Morgan fingerprint density at radius 3 is 1.74 bits per heavy atom. The molecule has 1 aromatic heterocycles. The second-order valence-corrected chi connectivity index (χ2v) is 6.67. The molecule has 11 nitrogen and oxygen atoms in total. The van der Waals surface area contributed by atoms with Crippen molar-refractivity contribution in [2.24, 2.45) is 0 Å². The maximum Gasteiger partial charge on any atom is 0.349 e. The quantitative estimate of drug-likeness (QED) is 0.448. The molecule has 0 saturated heterocycles. The van der Waals surface area contributed by atoms with Crippen LogP contribution in [0.2, 0.25) is 0 Å². The molecule has 0 fully saturated rings. The number of ether oxygens (including phenoxy) is 3. The number of carbonyl (C=O) groups is 4. The number of carboxylic acid groups (broad SMARTS) is 1. The molecule has 3 aromatic rings. The number of rotatable bonds is 9. The zero-order chi connectivity index (χ0) is 24.5. The standard InChI is InChI=1S/C23H19N3O8/c1-32-17-13-12-16(25-26-17)24-20(27)18(33-22(30)14-8-4-2-5-9-14)19(21(28)29)34-23(31)15-10-6-3-7-11-15/h2-13,18-19H,1H3,(H,28,29)(H,24,25,27)/t18-,19+/m0/s1. The van der Waals surface area contributed by atoms with E-state index in [1.807, 2.05) is 0 Å². The highest BCUT2D eigenvalue weighted by Crippen LogP contribution is 2.16. The Labute approximate surface area is 193 Å². The lowest BCUT2D eigenvalue weighted by Crippen LogP contribution is -2.48. The highest BCUT2D eigenvalue weighted by Gasteiger charge is 2.41. The summed E-state index contributed by atoms with van der Waals surface area (Å²) in [6, 6.07) is 17.9. The van der Waals surface area contributed by atoms with Crippen LogP contribution in [0.25, 0.3) is 0 Å². The fraction of sp³-hybridized carbons (Fsp3) is 0.130. The number of methoxy groups -OCH3 is 1. The number of hydrogen-bond acceptors (Lipinski definition) is 9. The molecule has 0 saturated carbocycles. The zero-order valence-corrected chi connectivity index (χ0v) is 17.8. The van der Waals surface area contributed by atoms with Crippen LogP contribution < -0.4 is 10.1 Å². The van der Waals surface area contributed by atoms with Gasteiger partial charge in [-0.3, -0.25) is 4.79 Å². The van der Waals surface area contributed by atoms with Gasteiger partial charge in [-0.25, -0.2) is 14.4 Å². The fourth-order valence-corrected chi connectivity index (χ4v) is 2.70. The van der Waals surface area contributed by atoms with Crippen molar-refractivity contribution in [3.8, 4) is 5.88 Å². The predicted octanol–water partition coefficient (Wildman–Crippen LogP) is 1.96. The van der Waals surface area contributed by atoms with E-state index in [0.29, 0.717) is 0 Å². The lowest BCUT2D eigenvalue weighted by Gasteiger charge is -2.23. The molecule has 0 aliphatic heterocycles. The smallest absolute Gasteiger partial charge is 0.349 e. The molecule has 0 spiro atoms. The van der Waals surface area contributed by atoms with Gasteiger partial charge in [-0.1, -0.05) is 36.4 Å². The van der Waals surface area contributed by atoms with Crippen LogP contribution in [-0.4, -0.2) is 58.4 Å². The normalized spacial score (nSPS) is 12.0. The van der Waals surface area contributed by atoms with Crippen LogP contribution in [0.15, 0.2) is 72.8 Å². The number of anilines is 1. The number of nitrogens with one attached hydrogen (secondary N) is 1. The van der Waals surface area contributed by atoms with Crippen LogP contribution in [-0.2, 0) is 19.1 Å². The molecule has 0 bridgehead atoms. The number of esters is 2. The topological polar surface area (TPSA) is 154 Å². The summed E-state index contributed by atoms with van der Waals surface area (Å²) in [5.74, 6) is -4.73. The number of amides is 1. The van der Waals surface area contributed by atoms with Crippen molar-refractivity contribution < 1.29 is 38.5 Å². The third-order valence-corrected chi connectivity index (χ3v) is 4.36. The van der Waals surface area contributed by atoms with Gasteiger partial charge in [0.1, 0.15) is 0 Å². The summed E-state index contributed by atoms with van der Waals surface area (Å²) in [5, 5.41) is 19.4. The summed E-state index contributed by atoms with van der Waals surface area (Å²) in [5.41, 5.74) is 0.103. The van der Waals surface area contributed by atoms with E-state index in [2.05, 4.69) is 15.5 Å². The first-order valence-electron chi connectivity index (χ1n) is 9.82. The first-order valence-corrected chi connectivity index (χ1v) is 9.82. The molecular formula is C23H19N3O8. The van der Waals surface area contributed by atoms with Gasteiger partial charge in [-0.05, 0) is 30.3 Å². The maximum atomic E-state index is 13.0. The van der Waals surface area contributed by atoms with Gasteiger partial charge in [-0.15, -0.1) is 10.2 Å². The Morgan fingerprint density at radius 2 is 1.29 bits per heavy atom. The molecule has 174 valence electrons. The molecule has 11 heteroatoms. The van der Waals surface area contributed by atoms with Gasteiger partial charge in [-0.2, -0.15) is 0 Å². The lowest BCUT2D eigenvalue weighted by molar-refractivity contribution is -0.157. The minimum Gasteiger partial charge on any atom is -0.480 e. The number of aromatic nitrogens is 2. The molecule has 2 N–H and O–H groups in total. The molecule has 0 aliphatic carbocycles. The van der Waals surface area contributed by atoms with Crippen LogP contribution in [0.4, 0.5) is 5.82 Å². The number of carbonyl (C=O) groups excluding carboxylic acids is 3. The number of carboxylic acids is 1. The molecule has 0 unspecified atom stereocenters. The molecule has 34 heavy (non-hydrogen) atoms. The minimum atomic E-state index is -2.16. The summed E-state index contributed by atoms with van der Waals surface area (Å²) < 4.78 is 15.1. The number of nitrogens with zero attached hydrogens (tertiary/aromatic N) is 2. The van der Waals surface area contributed by atoms with Gasteiger partial charge in [0.15, 0.2) is 5.82 Å². The Hall–Kier alpha value is -4.80.